The fourth-order valence-electron chi connectivity index (χ4n) is 3.11. The number of carbonyl (C=O) groups is 1. The Bertz CT molecular complexity index is 1000. The summed E-state index contributed by atoms with van der Waals surface area (Å²) < 4.78 is 5.30. The molecule has 24 heavy (non-hydrogen) atoms. The number of nitrogens with one attached hydrogen (secondary N) is 1. The van der Waals surface area contributed by atoms with Crippen LogP contribution in [0.25, 0.3) is 22.6 Å². The Hall–Kier alpha value is -2.72. The van der Waals surface area contributed by atoms with Crippen LogP contribution in [-0.2, 0) is 4.79 Å². The average Bonchev–Trinajstić information content (AvgIpc) is 3.04. The number of hydrogen-bond acceptors (Lipinski definition) is 2. The van der Waals surface area contributed by atoms with Crippen molar-refractivity contribution in [1.29, 1.82) is 0 Å². The molecule has 1 N–H and O–H groups in total. The van der Waals surface area contributed by atoms with E-state index < -0.39 is 0 Å². The monoisotopic (exact) mass is 338 g/mol. The van der Waals surface area contributed by atoms with Gasteiger partial charge in [0.25, 0.3) is 5.91 Å². The van der Waals surface area contributed by atoms with Crippen LogP contribution in [-0.4, -0.2) is 25.0 Å². The van der Waals surface area contributed by atoms with Crippen molar-refractivity contribution in [2.45, 2.75) is 0 Å². The molecule has 2 aromatic carbocycles. The number of para-hydroxylation sites is 1. The number of amides is 1. The molecule has 0 spiro atoms. The maximum atomic E-state index is 12.6. The standard InChI is InChI=1S/C19H15ClN2O2/c1-22-17-6-4-3-5-12(17)15(19(22)23)10-14-13-9-11(24-2)7-8-16(13)21-18(14)20/h3-10,21H,1-2H3/b15-10+. The van der Waals surface area contributed by atoms with E-state index in [1.807, 2.05) is 48.5 Å². The molecule has 0 bridgehead atoms. The van der Waals surface area contributed by atoms with Crippen molar-refractivity contribution in [2.24, 2.45) is 0 Å². The largest absolute Gasteiger partial charge is 0.497 e. The van der Waals surface area contributed by atoms with Crippen LogP contribution in [0, 0.1) is 0 Å². The van der Waals surface area contributed by atoms with Crippen LogP contribution < -0.4 is 9.64 Å². The SMILES string of the molecule is COc1ccc2[nH]c(Cl)c(/C=C3/C(=O)N(C)c4ccccc43)c2c1. The fourth-order valence-corrected chi connectivity index (χ4v) is 3.37. The Morgan fingerprint density at radius 3 is 2.79 bits per heavy atom. The zero-order valence-corrected chi connectivity index (χ0v) is 14.0. The highest BCUT2D eigenvalue weighted by atomic mass is 35.5. The van der Waals surface area contributed by atoms with E-state index in [1.165, 1.54) is 0 Å². The first kappa shape index (κ1) is 14.8. The summed E-state index contributed by atoms with van der Waals surface area (Å²) in [5.41, 5.74) is 4.15. The van der Waals surface area contributed by atoms with Crippen LogP contribution in [0.4, 0.5) is 5.69 Å². The van der Waals surface area contributed by atoms with Crippen molar-refractivity contribution in [1.82, 2.24) is 4.98 Å². The first-order valence-electron chi connectivity index (χ1n) is 7.54. The van der Waals surface area contributed by atoms with E-state index in [4.69, 9.17) is 16.3 Å². The normalized spacial score (nSPS) is 15.4. The molecule has 1 aromatic heterocycles. The number of hydrogen-bond donors (Lipinski definition) is 1. The first-order chi connectivity index (χ1) is 11.6. The quantitative estimate of drug-likeness (QED) is 0.706. The third-order valence-corrected chi connectivity index (χ3v) is 4.68. The molecule has 3 aromatic rings. The molecule has 120 valence electrons. The molecule has 1 aliphatic rings. The van der Waals surface area contributed by atoms with Crippen molar-refractivity contribution < 1.29 is 9.53 Å². The van der Waals surface area contributed by atoms with Gasteiger partial charge in [0, 0.05) is 34.7 Å². The number of carbonyl (C=O) groups excluding carboxylic acids is 1. The maximum Gasteiger partial charge on any atom is 0.258 e. The van der Waals surface area contributed by atoms with Gasteiger partial charge in [0.1, 0.15) is 10.9 Å². The summed E-state index contributed by atoms with van der Waals surface area (Å²) >= 11 is 6.39. The zero-order chi connectivity index (χ0) is 16.8. The van der Waals surface area contributed by atoms with Gasteiger partial charge in [0.15, 0.2) is 0 Å². The van der Waals surface area contributed by atoms with Crippen LogP contribution in [0.2, 0.25) is 5.15 Å². The van der Waals surface area contributed by atoms with Gasteiger partial charge in [-0.1, -0.05) is 29.8 Å². The fraction of sp³-hybridized carbons (Fsp3) is 0.105. The second-order valence-corrected chi connectivity index (χ2v) is 6.08. The van der Waals surface area contributed by atoms with Gasteiger partial charge in [-0.15, -0.1) is 0 Å². The molecule has 2 heterocycles. The molecule has 0 saturated heterocycles. The molecule has 0 saturated carbocycles. The zero-order valence-electron chi connectivity index (χ0n) is 13.3. The lowest BCUT2D eigenvalue weighted by molar-refractivity contribution is -0.112. The van der Waals surface area contributed by atoms with Crippen LogP contribution in [0.3, 0.4) is 0 Å². The second-order valence-electron chi connectivity index (χ2n) is 5.70. The number of anilines is 1. The summed E-state index contributed by atoms with van der Waals surface area (Å²) in [6, 6.07) is 13.4. The van der Waals surface area contributed by atoms with Crippen LogP contribution >= 0.6 is 11.6 Å². The van der Waals surface area contributed by atoms with E-state index in [-0.39, 0.29) is 5.91 Å². The molecule has 1 aliphatic heterocycles. The summed E-state index contributed by atoms with van der Waals surface area (Å²) in [4.78, 5) is 17.4. The van der Waals surface area contributed by atoms with Gasteiger partial charge in [0.2, 0.25) is 0 Å². The van der Waals surface area contributed by atoms with Gasteiger partial charge in [-0.3, -0.25) is 4.79 Å². The Morgan fingerprint density at radius 2 is 2.00 bits per heavy atom. The minimum absolute atomic E-state index is 0.0375. The topological polar surface area (TPSA) is 45.3 Å². The van der Waals surface area contributed by atoms with Crippen LogP contribution in [0.15, 0.2) is 42.5 Å². The average molecular weight is 339 g/mol. The van der Waals surface area contributed by atoms with E-state index in [0.717, 1.165) is 33.5 Å². The van der Waals surface area contributed by atoms with Crippen molar-refractivity contribution in [3.63, 3.8) is 0 Å². The molecule has 0 fully saturated rings. The summed E-state index contributed by atoms with van der Waals surface area (Å²) in [6.45, 7) is 0. The number of aromatic nitrogens is 1. The predicted molar refractivity (Wildman–Crippen MR) is 97.6 cm³/mol. The Balaban J connectivity index is 1.94. The number of H-pyrrole nitrogens is 1. The molecule has 0 unspecified atom stereocenters. The lowest BCUT2D eigenvalue weighted by Gasteiger charge is -2.07. The second kappa shape index (κ2) is 5.42. The minimum atomic E-state index is -0.0375. The van der Waals surface area contributed by atoms with Crippen molar-refractivity contribution in [3.8, 4) is 5.75 Å². The molecule has 4 rings (SSSR count). The molecule has 5 heteroatoms. The Morgan fingerprint density at radius 1 is 1.21 bits per heavy atom. The number of halogens is 1. The van der Waals surface area contributed by atoms with Gasteiger partial charge in [-0.05, 0) is 30.3 Å². The van der Waals surface area contributed by atoms with Crippen molar-refractivity contribution in [2.75, 3.05) is 19.1 Å². The predicted octanol–water partition coefficient (Wildman–Crippen LogP) is 4.35. The maximum absolute atomic E-state index is 12.6. The molecule has 0 aliphatic carbocycles. The highest BCUT2D eigenvalue weighted by Crippen LogP contribution is 2.39. The number of benzene rings is 2. The number of likely N-dealkylation sites (N-methyl/N-ethyl adjacent to an activating group) is 1. The van der Waals surface area contributed by atoms with Gasteiger partial charge in [0.05, 0.1) is 12.8 Å². The third-order valence-electron chi connectivity index (χ3n) is 4.38. The summed E-state index contributed by atoms with van der Waals surface area (Å²) in [5, 5.41) is 1.43. The van der Waals surface area contributed by atoms with Crippen LogP contribution in [0.5, 0.6) is 5.75 Å². The number of fused-ring (bicyclic) bond motifs is 2. The molecule has 4 nitrogen and oxygen atoms in total. The summed E-state index contributed by atoms with van der Waals surface area (Å²) in [6.07, 6.45) is 1.85. The van der Waals surface area contributed by atoms with Gasteiger partial charge in [-0.25, -0.2) is 0 Å². The van der Waals surface area contributed by atoms with Gasteiger partial charge in [-0.2, -0.15) is 0 Å². The molecular formula is C19H15ClN2O2. The van der Waals surface area contributed by atoms with E-state index >= 15 is 0 Å². The Labute approximate surface area is 144 Å². The smallest absolute Gasteiger partial charge is 0.258 e. The van der Waals surface area contributed by atoms with Crippen molar-refractivity contribution in [3.05, 3.63) is 58.7 Å². The summed E-state index contributed by atoms with van der Waals surface area (Å²) in [5.74, 6) is 0.706. The van der Waals surface area contributed by atoms with E-state index in [0.29, 0.717) is 10.7 Å². The van der Waals surface area contributed by atoms with Crippen molar-refractivity contribution >= 4 is 45.7 Å². The molecular weight excluding hydrogens is 324 g/mol. The first-order valence-corrected chi connectivity index (χ1v) is 7.92. The molecule has 1 amide bonds. The van der Waals surface area contributed by atoms with E-state index in [2.05, 4.69) is 4.98 Å². The number of rotatable bonds is 2. The lowest BCUT2D eigenvalue weighted by atomic mass is 10.0. The van der Waals surface area contributed by atoms with Gasteiger partial charge < -0.3 is 14.6 Å². The number of methoxy groups -OCH3 is 1. The van der Waals surface area contributed by atoms with E-state index in [1.54, 1.807) is 19.1 Å². The van der Waals surface area contributed by atoms with E-state index in [9.17, 15) is 4.79 Å². The lowest BCUT2D eigenvalue weighted by Crippen LogP contribution is -2.20. The third kappa shape index (κ3) is 2.11. The molecule has 0 atom stereocenters. The molecule has 0 radical (unpaired) electrons. The summed E-state index contributed by atoms with van der Waals surface area (Å²) in [7, 11) is 3.40. The number of ether oxygens (including phenoxy) is 1. The highest BCUT2D eigenvalue weighted by molar-refractivity contribution is 6.38. The number of aromatic amines is 1. The Kier molecular flexibility index (Phi) is 3.36. The number of nitrogens with zero attached hydrogens (tertiary/aromatic N) is 1. The van der Waals surface area contributed by atoms with Gasteiger partial charge >= 0.3 is 0 Å². The highest BCUT2D eigenvalue weighted by Gasteiger charge is 2.29. The minimum Gasteiger partial charge on any atom is -0.497 e. The van der Waals surface area contributed by atoms with Crippen LogP contribution in [0.1, 0.15) is 11.1 Å².